The van der Waals surface area contributed by atoms with Crippen molar-refractivity contribution in [2.45, 2.75) is 125 Å². The first-order valence-electron chi connectivity index (χ1n) is 23.7. The number of para-hydroxylation sites is 1. The molecule has 6 aromatic carbocycles. The van der Waals surface area contributed by atoms with E-state index in [1.165, 1.54) is 27.8 Å². The minimum absolute atomic E-state index is 0. The van der Waals surface area contributed by atoms with Gasteiger partial charge in [0, 0.05) is 44.2 Å². The van der Waals surface area contributed by atoms with Crippen molar-refractivity contribution in [1.82, 2.24) is 14.5 Å². The number of aromatic nitrogens is 3. The first kappa shape index (κ1) is 49.3. The zero-order valence-electron chi connectivity index (χ0n) is 42.1. The number of nitrogens with zero attached hydrogens (tertiary/aromatic N) is 3. The second-order valence-electron chi connectivity index (χ2n) is 22.9. The van der Waals surface area contributed by atoms with Gasteiger partial charge >= 0.3 is 0 Å². The molecule has 0 bridgehead atoms. The van der Waals surface area contributed by atoms with E-state index in [9.17, 15) is 5.11 Å². The first-order chi connectivity index (χ1) is 31.0. The summed E-state index contributed by atoms with van der Waals surface area (Å²) in [5.41, 5.74) is 17.2. The van der Waals surface area contributed by atoms with Crippen molar-refractivity contribution >= 4 is 11.0 Å². The maximum Gasteiger partial charge on any atom is 0.148 e. The van der Waals surface area contributed by atoms with Gasteiger partial charge in [0.1, 0.15) is 11.6 Å². The molecule has 0 unspecified atom stereocenters. The van der Waals surface area contributed by atoms with Crippen LogP contribution in [-0.4, -0.2) is 19.6 Å². The topological polar surface area (TPSA) is 50.9 Å². The van der Waals surface area contributed by atoms with E-state index in [-0.39, 0.29) is 48.5 Å². The number of benzene rings is 6. The van der Waals surface area contributed by atoms with Crippen LogP contribution in [0.3, 0.4) is 0 Å². The largest absolute Gasteiger partial charge is 0.507 e. The Bertz CT molecular complexity index is 3060. The Balaban J connectivity index is 0.00000666. The summed E-state index contributed by atoms with van der Waals surface area (Å²) in [6, 6.07) is 49.9. The van der Waals surface area contributed by atoms with E-state index in [0.29, 0.717) is 11.7 Å². The Morgan fingerprint density at radius 3 is 1.82 bits per heavy atom. The van der Waals surface area contributed by atoms with E-state index in [4.69, 9.17) is 9.97 Å². The third kappa shape index (κ3) is 10.3. The predicted octanol–water partition coefficient (Wildman–Crippen LogP) is 16.6. The summed E-state index contributed by atoms with van der Waals surface area (Å²) in [6.07, 6.45) is 2.83. The van der Waals surface area contributed by atoms with Crippen LogP contribution in [0.4, 0.5) is 0 Å². The van der Waals surface area contributed by atoms with Crippen molar-refractivity contribution in [2.75, 3.05) is 0 Å². The summed E-state index contributed by atoms with van der Waals surface area (Å²) in [5, 5.41) is 12.5. The molecule has 348 valence electrons. The average molecular weight is 1070 g/mol. The van der Waals surface area contributed by atoms with Crippen molar-refractivity contribution in [1.29, 1.82) is 0 Å². The van der Waals surface area contributed by atoms with E-state index in [2.05, 4.69) is 235 Å². The second-order valence-corrected chi connectivity index (χ2v) is 22.9. The van der Waals surface area contributed by atoms with Gasteiger partial charge in [-0.1, -0.05) is 193 Å². The van der Waals surface area contributed by atoms with Gasteiger partial charge in [0.2, 0.25) is 0 Å². The molecule has 2 heterocycles. The molecule has 4 nitrogen and oxygen atoms in total. The molecule has 5 heteroatoms. The minimum Gasteiger partial charge on any atom is -0.507 e. The third-order valence-electron chi connectivity index (χ3n) is 12.9. The summed E-state index contributed by atoms with van der Waals surface area (Å²) < 4.78 is 2.27. The quantitative estimate of drug-likeness (QED) is 0.154. The Labute approximate surface area is 415 Å². The van der Waals surface area contributed by atoms with E-state index in [0.717, 1.165) is 73.3 Å². The van der Waals surface area contributed by atoms with Crippen molar-refractivity contribution in [3.05, 3.63) is 167 Å². The normalized spacial score (nSPS) is 12.5. The van der Waals surface area contributed by atoms with E-state index < -0.39 is 0 Å². The molecule has 1 N–H and O–H groups in total. The molecular formula is C62H68N3OPt-. The number of imidazole rings is 1. The van der Waals surface area contributed by atoms with Crippen molar-refractivity contribution in [3.63, 3.8) is 0 Å². The van der Waals surface area contributed by atoms with Crippen molar-refractivity contribution in [2.24, 2.45) is 5.92 Å². The Kier molecular flexibility index (Phi) is 13.6. The third-order valence-corrected chi connectivity index (χ3v) is 12.9. The fourth-order valence-electron chi connectivity index (χ4n) is 9.00. The number of aromatic hydroxyl groups is 1. The van der Waals surface area contributed by atoms with Crippen LogP contribution in [0.2, 0.25) is 0 Å². The number of hydrogen-bond acceptors (Lipinski definition) is 3. The van der Waals surface area contributed by atoms with Crippen LogP contribution in [0.25, 0.3) is 72.7 Å². The minimum atomic E-state index is -0.316. The Hall–Kier alpha value is -5.57. The maximum absolute atomic E-state index is 12.5. The fourth-order valence-corrected chi connectivity index (χ4v) is 9.00. The predicted molar refractivity (Wildman–Crippen MR) is 280 cm³/mol. The van der Waals surface area contributed by atoms with Crippen LogP contribution in [0, 0.1) is 12.0 Å². The van der Waals surface area contributed by atoms with Crippen molar-refractivity contribution in [3.8, 4) is 67.5 Å². The summed E-state index contributed by atoms with van der Waals surface area (Å²) in [4.78, 5) is 10.6. The molecule has 0 amide bonds. The molecule has 8 aromatic rings. The van der Waals surface area contributed by atoms with Gasteiger partial charge in [-0.15, -0.1) is 29.3 Å². The number of phenols is 1. The standard InChI is InChI=1S/C62H68N3O.Pt/c1-39(2)31-43-35-49(27-28-50(43)41-19-16-15-17-20-41)65-55-22-18-21-51(56(55)64-58(65)52-37-48(61(9,10)11)38-53(57(52)66)62(12,13)14)44-32-45(34-47(33-44)60(6,7)8)54-36-42(29-30-63-54)40-23-25-46(26-24-40)59(3,4)5;/h15-30,33-39,66H,31H2,1-14H3;/q-1;. The summed E-state index contributed by atoms with van der Waals surface area (Å²) >= 11 is 0. The van der Waals surface area contributed by atoms with Gasteiger partial charge in [-0.3, -0.25) is 9.55 Å². The molecule has 2 aromatic heterocycles. The molecular weight excluding hydrogens is 998 g/mol. The fraction of sp³-hybridized carbons (Fsp3) is 0.323. The first-order valence-corrected chi connectivity index (χ1v) is 23.7. The second kappa shape index (κ2) is 18.5. The molecule has 0 aliphatic rings. The van der Waals surface area contributed by atoms with Gasteiger partial charge in [-0.25, -0.2) is 4.98 Å². The van der Waals surface area contributed by atoms with Crippen LogP contribution < -0.4 is 0 Å². The van der Waals surface area contributed by atoms with Gasteiger partial charge in [-0.2, -0.15) is 0 Å². The average Bonchev–Trinajstić information content (AvgIpc) is 3.65. The number of phenolic OH excluding ortho intramolecular Hbond substituents is 1. The number of hydrogen-bond donors (Lipinski definition) is 1. The smallest absolute Gasteiger partial charge is 0.148 e. The maximum atomic E-state index is 12.5. The molecule has 0 atom stereocenters. The zero-order valence-corrected chi connectivity index (χ0v) is 44.4. The van der Waals surface area contributed by atoms with Crippen LogP contribution >= 0.6 is 0 Å². The molecule has 0 saturated heterocycles. The van der Waals surface area contributed by atoms with E-state index >= 15 is 0 Å². The molecule has 0 saturated carbocycles. The number of rotatable bonds is 8. The summed E-state index contributed by atoms with van der Waals surface area (Å²) in [7, 11) is 0. The number of pyridine rings is 1. The summed E-state index contributed by atoms with van der Waals surface area (Å²) in [5.74, 6) is 1.41. The molecule has 0 aliphatic carbocycles. The van der Waals surface area contributed by atoms with Crippen LogP contribution in [-0.2, 0) is 49.1 Å². The number of fused-ring (bicyclic) bond motifs is 1. The molecule has 8 rings (SSSR count). The molecule has 0 spiro atoms. The molecule has 0 fully saturated rings. The summed E-state index contributed by atoms with van der Waals surface area (Å²) in [6.45, 7) is 31.3. The monoisotopic (exact) mass is 1070 g/mol. The Morgan fingerprint density at radius 1 is 0.552 bits per heavy atom. The molecule has 0 aliphatic heterocycles. The SMILES string of the molecule is CC(C)Cc1cc(-n2c(-c3cc(C(C)(C)C)cc(C(C)(C)C)c3O)nc3c(-c4[c-]c(-c5cc(-c6ccc(C(C)(C)C)cc6)ccn5)cc(C(C)(C)C)c4)cccc32)ccc1-c1ccccc1.[Pt]. The van der Waals surface area contributed by atoms with Crippen LogP contribution in [0.5, 0.6) is 5.75 Å². The zero-order chi connectivity index (χ0) is 47.5. The van der Waals surface area contributed by atoms with Gasteiger partial charge in [-0.05, 0) is 103 Å². The van der Waals surface area contributed by atoms with E-state index in [1.54, 1.807) is 0 Å². The van der Waals surface area contributed by atoms with Crippen LogP contribution in [0.1, 0.15) is 125 Å². The van der Waals surface area contributed by atoms with E-state index in [1.807, 2.05) is 6.20 Å². The van der Waals surface area contributed by atoms with Gasteiger partial charge in [0.15, 0.2) is 0 Å². The van der Waals surface area contributed by atoms with Gasteiger partial charge in [0.05, 0.1) is 16.6 Å². The Morgan fingerprint density at radius 2 is 1.19 bits per heavy atom. The van der Waals surface area contributed by atoms with Gasteiger partial charge in [0.25, 0.3) is 0 Å². The molecule has 0 radical (unpaired) electrons. The van der Waals surface area contributed by atoms with Crippen LogP contribution in [0.15, 0.2) is 134 Å². The molecule has 67 heavy (non-hydrogen) atoms. The van der Waals surface area contributed by atoms with Gasteiger partial charge < -0.3 is 5.11 Å². The van der Waals surface area contributed by atoms with Crippen molar-refractivity contribution < 1.29 is 26.2 Å².